The maximum Gasteiger partial charge on any atom is 0.169 e. The number of nitrogen functional groups attached to an aromatic ring is 1. The van der Waals surface area contributed by atoms with Gasteiger partial charge in [-0.3, -0.25) is 0 Å². The molecule has 0 atom stereocenters. The van der Waals surface area contributed by atoms with Crippen LogP contribution in [-0.4, -0.2) is 28.2 Å². The molecule has 0 saturated carbocycles. The number of fused-ring (bicyclic) bond motifs is 1. The highest BCUT2D eigenvalue weighted by molar-refractivity contribution is 9.10. The molecule has 3 rings (SSSR count). The summed E-state index contributed by atoms with van der Waals surface area (Å²) in [6.45, 7) is 3.86. The van der Waals surface area contributed by atoms with Gasteiger partial charge in [0.1, 0.15) is 13.2 Å². The number of hydrogen-bond acceptors (Lipinski definition) is 5. The summed E-state index contributed by atoms with van der Waals surface area (Å²) >= 11 is 3.57. The maximum atomic E-state index is 5.88. The number of rotatable bonds is 4. The Morgan fingerprint density at radius 3 is 2.71 bits per heavy atom. The van der Waals surface area contributed by atoms with Gasteiger partial charge in [-0.15, -0.1) is 5.10 Å². The Morgan fingerprint density at radius 2 is 2.00 bits per heavy atom. The molecule has 0 bridgehead atoms. The number of nitrogens with zero attached hydrogens (tertiary/aromatic N) is 3. The Morgan fingerprint density at radius 1 is 1.29 bits per heavy atom. The fraction of sp³-hybridized carbons (Fsp3) is 0.429. The molecule has 0 saturated heterocycles. The summed E-state index contributed by atoms with van der Waals surface area (Å²) in [4.78, 5) is 0. The minimum atomic E-state index is 0.505. The summed E-state index contributed by atoms with van der Waals surface area (Å²) in [5.74, 6) is 2.04. The van der Waals surface area contributed by atoms with Crippen molar-refractivity contribution in [2.24, 2.45) is 0 Å². The van der Waals surface area contributed by atoms with Gasteiger partial charge in [-0.25, -0.2) is 4.68 Å². The van der Waals surface area contributed by atoms with E-state index in [1.165, 1.54) is 0 Å². The van der Waals surface area contributed by atoms with E-state index in [-0.39, 0.29) is 0 Å². The van der Waals surface area contributed by atoms with Gasteiger partial charge in [-0.05, 0) is 24.1 Å². The van der Waals surface area contributed by atoms with Crippen LogP contribution in [0.15, 0.2) is 16.6 Å². The van der Waals surface area contributed by atoms with Crippen molar-refractivity contribution in [1.29, 1.82) is 0 Å². The molecule has 1 aliphatic rings. The Bertz CT molecular complexity index is 657. The van der Waals surface area contributed by atoms with E-state index in [0.717, 1.165) is 40.1 Å². The number of halogens is 1. The van der Waals surface area contributed by atoms with Crippen LogP contribution in [0.2, 0.25) is 0 Å². The van der Waals surface area contributed by atoms with Gasteiger partial charge in [0.25, 0.3) is 0 Å². The van der Waals surface area contributed by atoms with Crippen molar-refractivity contribution >= 4 is 21.7 Å². The van der Waals surface area contributed by atoms with Crippen molar-refractivity contribution in [3.8, 4) is 11.5 Å². The zero-order valence-electron chi connectivity index (χ0n) is 11.8. The van der Waals surface area contributed by atoms with Crippen LogP contribution in [0, 0.1) is 0 Å². The van der Waals surface area contributed by atoms with E-state index >= 15 is 0 Å². The Hall–Kier alpha value is -1.76. The van der Waals surface area contributed by atoms with Crippen LogP contribution in [0.1, 0.15) is 24.6 Å². The second-order valence-corrected chi connectivity index (χ2v) is 5.77. The van der Waals surface area contributed by atoms with E-state index < -0.39 is 0 Å². The molecule has 1 aliphatic heterocycles. The van der Waals surface area contributed by atoms with Crippen molar-refractivity contribution in [1.82, 2.24) is 15.0 Å². The van der Waals surface area contributed by atoms with Crippen molar-refractivity contribution in [2.75, 3.05) is 18.9 Å². The Balaban J connectivity index is 1.91. The zero-order valence-corrected chi connectivity index (χ0v) is 13.4. The van der Waals surface area contributed by atoms with Crippen LogP contribution >= 0.6 is 15.9 Å². The largest absolute Gasteiger partial charge is 0.486 e. The fourth-order valence-electron chi connectivity index (χ4n) is 2.36. The molecule has 7 heteroatoms. The summed E-state index contributed by atoms with van der Waals surface area (Å²) in [5.41, 5.74) is 7.91. The lowest BCUT2D eigenvalue weighted by Crippen LogP contribution is -2.16. The summed E-state index contributed by atoms with van der Waals surface area (Å²) in [7, 11) is 0. The summed E-state index contributed by atoms with van der Waals surface area (Å²) in [5, 5.41) is 8.10. The predicted octanol–water partition coefficient (Wildman–Crippen LogP) is 2.39. The van der Waals surface area contributed by atoms with E-state index in [1.807, 2.05) is 16.8 Å². The fourth-order valence-corrected chi connectivity index (χ4v) is 2.80. The van der Waals surface area contributed by atoms with Crippen molar-refractivity contribution in [3.63, 3.8) is 0 Å². The molecule has 0 spiro atoms. The molecule has 0 fully saturated rings. The summed E-state index contributed by atoms with van der Waals surface area (Å²) < 4.78 is 14.0. The summed E-state index contributed by atoms with van der Waals surface area (Å²) in [6, 6.07) is 3.91. The molecule has 112 valence electrons. The average Bonchev–Trinajstić information content (AvgIpc) is 2.81. The number of aromatic nitrogens is 3. The first-order valence-electron chi connectivity index (χ1n) is 6.95. The molecule has 0 unspecified atom stereocenters. The van der Waals surface area contributed by atoms with E-state index in [9.17, 15) is 0 Å². The average molecular weight is 353 g/mol. The SMILES string of the molecule is CCCc1c(N)nnn1Cc1cc2c(cc1Br)OCCO2. The van der Waals surface area contributed by atoms with Crippen LogP contribution < -0.4 is 15.2 Å². The van der Waals surface area contributed by atoms with Gasteiger partial charge in [-0.1, -0.05) is 34.5 Å². The molecule has 0 amide bonds. The highest BCUT2D eigenvalue weighted by atomic mass is 79.9. The molecule has 2 N–H and O–H groups in total. The number of ether oxygens (including phenoxy) is 2. The van der Waals surface area contributed by atoms with Crippen LogP contribution in [0.5, 0.6) is 11.5 Å². The second kappa shape index (κ2) is 5.93. The topological polar surface area (TPSA) is 75.2 Å². The number of nitrogens with two attached hydrogens (primary N) is 1. The lowest BCUT2D eigenvalue weighted by molar-refractivity contribution is 0.171. The van der Waals surface area contributed by atoms with Crippen LogP contribution in [0.4, 0.5) is 5.82 Å². The van der Waals surface area contributed by atoms with E-state index in [2.05, 4.69) is 33.2 Å². The maximum absolute atomic E-state index is 5.88. The first-order chi connectivity index (χ1) is 10.2. The molecule has 2 heterocycles. The molecule has 0 radical (unpaired) electrons. The van der Waals surface area contributed by atoms with Gasteiger partial charge in [0.05, 0.1) is 12.2 Å². The van der Waals surface area contributed by atoms with Gasteiger partial charge in [-0.2, -0.15) is 0 Å². The first-order valence-corrected chi connectivity index (χ1v) is 7.74. The van der Waals surface area contributed by atoms with Gasteiger partial charge in [0.2, 0.25) is 0 Å². The third-order valence-electron chi connectivity index (χ3n) is 3.39. The van der Waals surface area contributed by atoms with Crippen molar-refractivity contribution in [2.45, 2.75) is 26.3 Å². The first kappa shape index (κ1) is 14.2. The van der Waals surface area contributed by atoms with Crippen molar-refractivity contribution in [3.05, 3.63) is 27.9 Å². The Kier molecular flexibility index (Phi) is 4.01. The normalized spacial score (nSPS) is 13.4. The molecule has 1 aromatic heterocycles. The summed E-state index contributed by atoms with van der Waals surface area (Å²) in [6.07, 6.45) is 1.86. The Labute approximate surface area is 131 Å². The number of anilines is 1. The third-order valence-corrected chi connectivity index (χ3v) is 4.12. The molecule has 1 aromatic carbocycles. The number of benzene rings is 1. The van der Waals surface area contributed by atoms with Gasteiger partial charge < -0.3 is 15.2 Å². The quantitative estimate of drug-likeness (QED) is 0.914. The standard InChI is InChI=1S/C14H17BrN4O2/c1-2-3-11-14(16)17-18-19(11)8-9-6-12-13(7-10(9)15)21-5-4-20-12/h6-7H,2-5,8,16H2,1H3. The molecule has 2 aromatic rings. The minimum absolute atomic E-state index is 0.505. The van der Waals surface area contributed by atoms with Crippen LogP contribution in [-0.2, 0) is 13.0 Å². The van der Waals surface area contributed by atoms with Crippen LogP contribution in [0.25, 0.3) is 0 Å². The molecule has 0 aliphatic carbocycles. The van der Waals surface area contributed by atoms with E-state index in [1.54, 1.807) is 0 Å². The molecular formula is C14H17BrN4O2. The van der Waals surface area contributed by atoms with E-state index in [4.69, 9.17) is 15.2 Å². The monoisotopic (exact) mass is 352 g/mol. The zero-order chi connectivity index (χ0) is 14.8. The second-order valence-electron chi connectivity index (χ2n) is 4.92. The molecule has 6 nitrogen and oxygen atoms in total. The van der Waals surface area contributed by atoms with Gasteiger partial charge in [0.15, 0.2) is 17.3 Å². The van der Waals surface area contributed by atoms with Gasteiger partial charge in [0, 0.05) is 4.47 Å². The molecular weight excluding hydrogens is 336 g/mol. The van der Waals surface area contributed by atoms with Gasteiger partial charge >= 0.3 is 0 Å². The number of hydrogen-bond donors (Lipinski definition) is 1. The van der Waals surface area contributed by atoms with E-state index in [0.29, 0.717) is 25.6 Å². The smallest absolute Gasteiger partial charge is 0.169 e. The van der Waals surface area contributed by atoms with Crippen LogP contribution in [0.3, 0.4) is 0 Å². The third kappa shape index (κ3) is 2.83. The highest BCUT2D eigenvalue weighted by Crippen LogP contribution is 2.36. The lowest BCUT2D eigenvalue weighted by atomic mass is 10.2. The highest BCUT2D eigenvalue weighted by Gasteiger charge is 2.17. The van der Waals surface area contributed by atoms with Crippen molar-refractivity contribution < 1.29 is 9.47 Å². The predicted molar refractivity (Wildman–Crippen MR) is 82.7 cm³/mol. The lowest BCUT2D eigenvalue weighted by Gasteiger charge is -2.20. The molecule has 21 heavy (non-hydrogen) atoms. The minimum Gasteiger partial charge on any atom is -0.486 e.